The van der Waals surface area contributed by atoms with Crippen LogP contribution in [0.25, 0.3) is 5.65 Å². The van der Waals surface area contributed by atoms with Crippen LogP contribution in [0.5, 0.6) is 0 Å². The Kier molecular flexibility index (Phi) is 2.64. The first-order valence-electron chi connectivity index (χ1n) is 5.78. The Hall–Kier alpha value is -2.43. The molecule has 1 N–H and O–H groups in total. The summed E-state index contributed by atoms with van der Waals surface area (Å²) >= 11 is 0. The number of fused-ring (bicyclic) bond motifs is 1. The molecule has 0 aliphatic rings. The van der Waals surface area contributed by atoms with E-state index in [0.717, 1.165) is 22.9 Å². The molecule has 0 saturated heterocycles. The summed E-state index contributed by atoms with van der Waals surface area (Å²) in [7, 11) is 0. The Balaban J connectivity index is 1.83. The molecule has 18 heavy (non-hydrogen) atoms. The average molecular weight is 239 g/mol. The molecule has 2 heterocycles. The van der Waals surface area contributed by atoms with E-state index in [1.165, 1.54) is 0 Å². The zero-order valence-corrected chi connectivity index (χ0v) is 10.0. The molecular weight excluding hydrogens is 226 g/mol. The van der Waals surface area contributed by atoms with Gasteiger partial charge in [0.2, 0.25) is 0 Å². The van der Waals surface area contributed by atoms with E-state index < -0.39 is 0 Å². The summed E-state index contributed by atoms with van der Waals surface area (Å²) in [6, 6.07) is 11.9. The summed E-state index contributed by atoms with van der Waals surface area (Å²) in [5, 5.41) is 11.6. The molecule has 3 rings (SSSR count). The number of nitrogens with zero attached hydrogens (tertiary/aromatic N) is 4. The van der Waals surface area contributed by atoms with Crippen molar-refractivity contribution in [1.29, 1.82) is 0 Å². The maximum atomic E-state index is 4.25. The summed E-state index contributed by atoms with van der Waals surface area (Å²) in [4.78, 5) is 4.25. The summed E-state index contributed by atoms with van der Waals surface area (Å²) < 4.78 is 1.89. The van der Waals surface area contributed by atoms with E-state index in [-0.39, 0.29) is 0 Å². The smallest absolute Gasteiger partial charge is 0.163 e. The number of hydrogen-bond acceptors (Lipinski definition) is 4. The second-order valence-corrected chi connectivity index (χ2v) is 4.09. The Labute approximate surface area is 105 Å². The molecule has 0 amide bonds. The van der Waals surface area contributed by atoms with Gasteiger partial charge >= 0.3 is 0 Å². The topological polar surface area (TPSA) is 55.1 Å². The van der Waals surface area contributed by atoms with Crippen molar-refractivity contribution in [1.82, 2.24) is 19.6 Å². The summed E-state index contributed by atoms with van der Waals surface area (Å²) in [5.74, 6) is 0.848. The standard InChI is InChI=1S/C13H13N5/c1-10-7-12-16-17-13(18(12)9-15-10)8-14-11-5-3-2-4-6-11/h2-7,9,14H,8H2,1H3. The van der Waals surface area contributed by atoms with Gasteiger partial charge in [-0.25, -0.2) is 4.98 Å². The van der Waals surface area contributed by atoms with Crippen molar-refractivity contribution in [2.45, 2.75) is 13.5 Å². The molecule has 0 radical (unpaired) electrons. The molecule has 1 aromatic carbocycles. The maximum absolute atomic E-state index is 4.25. The van der Waals surface area contributed by atoms with Gasteiger partial charge in [0.25, 0.3) is 0 Å². The molecule has 90 valence electrons. The van der Waals surface area contributed by atoms with Crippen molar-refractivity contribution in [3.05, 3.63) is 54.2 Å². The molecular formula is C13H13N5. The van der Waals surface area contributed by atoms with Crippen LogP contribution in [0.2, 0.25) is 0 Å². The lowest BCUT2D eigenvalue weighted by Crippen LogP contribution is -2.04. The van der Waals surface area contributed by atoms with Crippen molar-refractivity contribution in [2.75, 3.05) is 5.32 Å². The number of para-hydroxylation sites is 1. The molecule has 5 nitrogen and oxygen atoms in total. The summed E-state index contributed by atoms with van der Waals surface area (Å²) in [6.45, 7) is 2.56. The summed E-state index contributed by atoms with van der Waals surface area (Å²) in [5.41, 5.74) is 2.83. The normalized spacial score (nSPS) is 10.7. The molecule has 0 unspecified atom stereocenters. The third-order valence-corrected chi connectivity index (χ3v) is 2.73. The fraction of sp³-hybridized carbons (Fsp3) is 0.154. The van der Waals surface area contributed by atoms with Gasteiger partial charge in [0.15, 0.2) is 11.5 Å². The molecule has 0 spiro atoms. The highest BCUT2D eigenvalue weighted by atomic mass is 15.3. The number of benzene rings is 1. The van der Waals surface area contributed by atoms with E-state index in [2.05, 4.69) is 20.5 Å². The maximum Gasteiger partial charge on any atom is 0.163 e. The minimum atomic E-state index is 0.621. The molecule has 0 atom stereocenters. The Morgan fingerprint density at radius 1 is 1.17 bits per heavy atom. The quantitative estimate of drug-likeness (QED) is 0.760. The SMILES string of the molecule is Cc1cc2nnc(CNc3ccccc3)n2cn1. The van der Waals surface area contributed by atoms with Gasteiger partial charge in [0, 0.05) is 17.4 Å². The zero-order chi connectivity index (χ0) is 12.4. The van der Waals surface area contributed by atoms with Crippen LogP contribution in [0.3, 0.4) is 0 Å². The van der Waals surface area contributed by atoms with Gasteiger partial charge in [-0.3, -0.25) is 4.40 Å². The van der Waals surface area contributed by atoms with Crippen LogP contribution >= 0.6 is 0 Å². The van der Waals surface area contributed by atoms with Gasteiger partial charge in [-0.2, -0.15) is 0 Å². The molecule has 0 saturated carbocycles. The molecule has 0 fully saturated rings. The lowest BCUT2D eigenvalue weighted by molar-refractivity contribution is 0.900. The first-order valence-corrected chi connectivity index (χ1v) is 5.78. The monoisotopic (exact) mass is 239 g/mol. The van der Waals surface area contributed by atoms with Crippen molar-refractivity contribution in [2.24, 2.45) is 0 Å². The first-order chi connectivity index (χ1) is 8.83. The second kappa shape index (κ2) is 4.44. The van der Waals surface area contributed by atoms with Crippen molar-refractivity contribution < 1.29 is 0 Å². The minimum Gasteiger partial charge on any atom is -0.378 e. The molecule has 0 aliphatic carbocycles. The third kappa shape index (κ3) is 2.02. The lowest BCUT2D eigenvalue weighted by Gasteiger charge is -2.04. The summed E-state index contributed by atoms with van der Waals surface area (Å²) in [6.07, 6.45) is 1.76. The van der Waals surface area contributed by atoms with Crippen LogP contribution in [0, 0.1) is 6.92 Å². The van der Waals surface area contributed by atoms with Crippen LogP contribution in [-0.4, -0.2) is 19.6 Å². The molecule has 3 aromatic rings. The number of anilines is 1. The van der Waals surface area contributed by atoms with E-state index >= 15 is 0 Å². The Morgan fingerprint density at radius 2 is 2.00 bits per heavy atom. The molecule has 0 bridgehead atoms. The first kappa shape index (κ1) is 10.7. The van der Waals surface area contributed by atoms with Gasteiger partial charge < -0.3 is 5.32 Å². The Morgan fingerprint density at radius 3 is 2.83 bits per heavy atom. The predicted molar refractivity (Wildman–Crippen MR) is 69.3 cm³/mol. The van der Waals surface area contributed by atoms with Gasteiger partial charge in [0.1, 0.15) is 6.33 Å². The number of hydrogen-bond donors (Lipinski definition) is 1. The highest BCUT2D eigenvalue weighted by Crippen LogP contribution is 2.08. The average Bonchev–Trinajstić information content (AvgIpc) is 2.80. The molecule has 2 aromatic heterocycles. The van der Waals surface area contributed by atoms with Crippen molar-refractivity contribution in [3.8, 4) is 0 Å². The van der Waals surface area contributed by atoms with E-state index in [0.29, 0.717) is 6.54 Å². The number of nitrogens with one attached hydrogen (secondary N) is 1. The number of aryl methyl sites for hydroxylation is 1. The largest absolute Gasteiger partial charge is 0.378 e. The fourth-order valence-electron chi connectivity index (χ4n) is 1.79. The fourth-order valence-corrected chi connectivity index (χ4v) is 1.79. The van der Waals surface area contributed by atoms with E-state index in [1.807, 2.05) is 47.7 Å². The van der Waals surface area contributed by atoms with Crippen LogP contribution in [0.15, 0.2) is 42.7 Å². The second-order valence-electron chi connectivity index (χ2n) is 4.09. The van der Waals surface area contributed by atoms with Crippen LogP contribution in [-0.2, 0) is 6.54 Å². The van der Waals surface area contributed by atoms with Gasteiger partial charge in [-0.05, 0) is 19.1 Å². The predicted octanol–water partition coefficient (Wildman–Crippen LogP) is 2.04. The molecule has 5 heteroatoms. The van der Waals surface area contributed by atoms with Crippen molar-refractivity contribution in [3.63, 3.8) is 0 Å². The van der Waals surface area contributed by atoms with Gasteiger partial charge in [-0.15, -0.1) is 10.2 Å². The Bertz CT molecular complexity index is 659. The highest BCUT2D eigenvalue weighted by molar-refractivity contribution is 5.43. The lowest BCUT2D eigenvalue weighted by atomic mass is 10.3. The van der Waals surface area contributed by atoms with Crippen molar-refractivity contribution >= 4 is 11.3 Å². The van der Waals surface area contributed by atoms with E-state index in [4.69, 9.17) is 0 Å². The number of rotatable bonds is 3. The van der Waals surface area contributed by atoms with E-state index in [1.54, 1.807) is 6.33 Å². The van der Waals surface area contributed by atoms with Crippen LogP contribution in [0.1, 0.15) is 11.5 Å². The van der Waals surface area contributed by atoms with Crippen LogP contribution in [0.4, 0.5) is 5.69 Å². The van der Waals surface area contributed by atoms with Gasteiger partial charge in [-0.1, -0.05) is 18.2 Å². The van der Waals surface area contributed by atoms with E-state index in [9.17, 15) is 0 Å². The third-order valence-electron chi connectivity index (χ3n) is 2.73. The highest BCUT2D eigenvalue weighted by Gasteiger charge is 2.05. The molecule has 0 aliphatic heterocycles. The minimum absolute atomic E-state index is 0.621. The number of aromatic nitrogens is 4. The van der Waals surface area contributed by atoms with Crippen LogP contribution < -0.4 is 5.32 Å². The zero-order valence-electron chi connectivity index (χ0n) is 10.0. The van der Waals surface area contributed by atoms with Gasteiger partial charge in [0.05, 0.1) is 6.54 Å².